The van der Waals surface area contributed by atoms with Gasteiger partial charge in [-0.2, -0.15) is 0 Å². The Morgan fingerprint density at radius 2 is 0.467 bits per heavy atom. The molecule has 16 nitrogen and oxygen atoms in total. The molecule has 0 aliphatic rings. The molecule has 0 fully saturated rings. The Morgan fingerprint density at radius 3 is 0.738 bits per heavy atom. The minimum absolute atomic E-state index is 0.0871. The average Bonchev–Trinajstić information content (AvgIpc) is 0.908. The van der Waals surface area contributed by atoms with Gasteiger partial charge in [0.15, 0.2) is 6.10 Å². The van der Waals surface area contributed by atoms with E-state index >= 15 is 0 Å². The Hall–Kier alpha value is -5.09. The fraction of sp³-hybridized carbons (Fsp3) is 0.652. The first-order chi connectivity index (χ1) is 52.2. The van der Waals surface area contributed by atoms with Crippen LogP contribution >= 0.6 is 15.6 Å². The standard InChI is InChI=1S/C89H148O16P2/c1-4-7-10-13-16-19-22-25-28-31-33-35-37-39-40-41-42-44-46-47-49-52-54-57-60-63-66-69-72-75-87(92)99-78-84(90)79-101-106(95,96)102-80-85(91)81-103-107(97,98)104-83-86(105-89(94)77-74-71-68-65-62-59-56-51-30-27-24-21-18-15-12-9-6-3)82-100-88(93)76-73-70-67-64-61-58-55-53-50-48-45-43-38-36-34-32-29-26-23-20-17-14-11-8-5-2/h7-12,16-21,25-30,33-36,39-40,42-45,84-86,90-91H,4-6,13-15,22-24,31-32,37-38,41,46-83H2,1-3H3,(H,95,96)(H,97,98)/b10-7-,11-8-,12-9-,19-16-,20-17-,21-18-,28-25-,29-26-,30-27-,35-33-,36-34-,40-39-,44-42-,45-43-. The van der Waals surface area contributed by atoms with Crippen molar-refractivity contribution < 1.29 is 75.8 Å². The fourth-order valence-corrected chi connectivity index (χ4v) is 12.3. The van der Waals surface area contributed by atoms with Crippen molar-refractivity contribution in [3.63, 3.8) is 0 Å². The second kappa shape index (κ2) is 80.4. The zero-order valence-corrected chi connectivity index (χ0v) is 68.5. The van der Waals surface area contributed by atoms with Crippen LogP contribution in [0.2, 0.25) is 0 Å². The van der Waals surface area contributed by atoms with E-state index in [4.69, 9.17) is 32.3 Å². The molecule has 0 rings (SSSR count). The molecule has 0 bridgehead atoms. The van der Waals surface area contributed by atoms with Crippen molar-refractivity contribution in [1.29, 1.82) is 0 Å². The number of rotatable bonds is 77. The van der Waals surface area contributed by atoms with Crippen LogP contribution < -0.4 is 0 Å². The van der Waals surface area contributed by atoms with Gasteiger partial charge in [-0.1, -0.05) is 319 Å². The topological polar surface area (TPSA) is 231 Å². The lowest BCUT2D eigenvalue weighted by molar-refractivity contribution is -0.161. The molecular weight excluding hydrogens is 1390 g/mol. The number of aliphatic hydroxyl groups excluding tert-OH is 2. The van der Waals surface area contributed by atoms with Gasteiger partial charge in [0, 0.05) is 19.3 Å². The third-order valence-electron chi connectivity index (χ3n) is 16.9. The summed E-state index contributed by atoms with van der Waals surface area (Å²) in [5.41, 5.74) is 0. The normalized spacial score (nSPS) is 14.8. The second-order valence-electron chi connectivity index (χ2n) is 27.1. The predicted molar refractivity (Wildman–Crippen MR) is 445 cm³/mol. The highest BCUT2D eigenvalue weighted by Gasteiger charge is 2.29. The summed E-state index contributed by atoms with van der Waals surface area (Å²) in [4.78, 5) is 58.8. The second-order valence-corrected chi connectivity index (χ2v) is 30.0. The summed E-state index contributed by atoms with van der Waals surface area (Å²) in [6.45, 7) is 2.33. The molecule has 0 aliphatic heterocycles. The SMILES string of the molecule is CC/C=C\C/C=C\C/C=C\C/C=C\C/C=C\C/C=C\CCCCCCCCCCCCC(=O)OCC(O)COP(=O)(O)OCC(O)COP(=O)(O)OCC(COC(=O)CCCCCCCCCCC/C=C\C/C=C\C/C=C\C/C=C\C/C=C\CC)OC(=O)CCCCCCCCC/C=C\C/C=C\C/C=C\CC. The molecule has 0 amide bonds. The minimum Gasteiger partial charge on any atom is -0.463 e. The third kappa shape index (κ3) is 81.7. The molecule has 4 N–H and O–H groups in total. The van der Waals surface area contributed by atoms with E-state index in [1.54, 1.807) is 0 Å². The lowest BCUT2D eigenvalue weighted by atomic mass is 10.1. The van der Waals surface area contributed by atoms with E-state index in [0.717, 1.165) is 199 Å². The van der Waals surface area contributed by atoms with Gasteiger partial charge in [0.1, 0.15) is 25.4 Å². The summed E-state index contributed by atoms with van der Waals surface area (Å²) >= 11 is 0. The van der Waals surface area contributed by atoms with Crippen LogP contribution in [0.25, 0.3) is 0 Å². The van der Waals surface area contributed by atoms with Crippen LogP contribution in [0.15, 0.2) is 170 Å². The number of aliphatic hydroxyl groups is 2. The maximum absolute atomic E-state index is 13.0. The molecule has 18 heteroatoms. The van der Waals surface area contributed by atoms with Crippen LogP contribution in [0.3, 0.4) is 0 Å². The molecule has 0 aliphatic carbocycles. The Morgan fingerprint density at radius 1 is 0.262 bits per heavy atom. The third-order valence-corrected chi connectivity index (χ3v) is 18.8. The van der Waals surface area contributed by atoms with Gasteiger partial charge in [0.2, 0.25) is 0 Å². The highest BCUT2D eigenvalue weighted by atomic mass is 31.2. The zero-order chi connectivity index (χ0) is 78.0. The lowest BCUT2D eigenvalue weighted by Crippen LogP contribution is -2.30. The first-order valence-electron chi connectivity index (χ1n) is 41.4. The van der Waals surface area contributed by atoms with Crippen LogP contribution in [-0.2, 0) is 55.8 Å². The number of esters is 3. The van der Waals surface area contributed by atoms with Gasteiger partial charge >= 0.3 is 33.6 Å². The number of phosphoric acid groups is 2. The van der Waals surface area contributed by atoms with Crippen molar-refractivity contribution in [3.8, 4) is 0 Å². The maximum Gasteiger partial charge on any atom is 0.472 e. The van der Waals surface area contributed by atoms with E-state index in [2.05, 4.69) is 191 Å². The molecule has 0 aromatic carbocycles. The molecule has 0 saturated heterocycles. The van der Waals surface area contributed by atoms with Crippen LogP contribution in [0, 0.1) is 0 Å². The zero-order valence-electron chi connectivity index (χ0n) is 66.7. The molecule has 107 heavy (non-hydrogen) atoms. The molecule has 0 saturated carbocycles. The first-order valence-corrected chi connectivity index (χ1v) is 44.4. The van der Waals surface area contributed by atoms with Crippen molar-refractivity contribution in [2.45, 2.75) is 334 Å². The lowest BCUT2D eigenvalue weighted by Gasteiger charge is -2.21. The van der Waals surface area contributed by atoms with Crippen molar-refractivity contribution in [2.75, 3.05) is 39.6 Å². The first kappa shape index (κ1) is 102. The van der Waals surface area contributed by atoms with Crippen LogP contribution in [0.5, 0.6) is 0 Å². The largest absolute Gasteiger partial charge is 0.472 e. The number of unbranched alkanes of at least 4 members (excludes halogenated alkanes) is 26. The van der Waals surface area contributed by atoms with Crippen LogP contribution in [0.1, 0.15) is 316 Å². The van der Waals surface area contributed by atoms with Crippen molar-refractivity contribution in [3.05, 3.63) is 170 Å². The maximum atomic E-state index is 13.0. The van der Waals surface area contributed by atoms with E-state index in [9.17, 15) is 43.5 Å². The van der Waals surface area contributed by atoms with Gasteiger partial charge < -0.3 is 34.2 Å². The number of allylic oxidation sites excluding steroid dienone is 28. The van der Waals surface area contributed by atoms with E-state index in [0.29, 0.717) is 19.3 Å². The molecule has 0 aromatic heterocycles. The molecule has 0 heterocycles. The Balaban J connectivity index is 4.60. The highest BCUT2D eigenvalue weighted by molar-refractivity contribution is 7.47. The minimum atomic E-state index is -4.94. The molecule has 610 valence electrons. The number of hydrogen-bond acceptors (Lipinski definition) is 14. The van der Waals surface area contributed by atoms with E-state index in [1.165, 1.54) is 57.8 Å². The van der Waals surface area contributed by atoms with Gasteiger partial charge in [-0.3, -0.25) is 32.5 Å². The van der Waals surface area contributed by atoms with Gasteiger partial charge in [0.05, 0.1) is 26.4 Å². The number of ether oxygens (including phenoxy) is 3. The summed E-state index contributed by atoms with van der Waals surface area (Å²) in [5, 5.41) is 20.7. The summed E-state index contributed by atoms with van der Waals surface area (Å²) < 4.78 is 61.3. The number of carbonyl (C=O) groups is 3. The predicted octanol–water partition coefficient (Wildman–Crippen LogP) is 24.8. The van der Waals surface area contributed by atoms with Gasteiger partial charge in [-0.05, 0) is 148 Å². The summed E-state index contributed by atoms with van der Waals surface area (Å²) in [7, 11) is -9.81. The van der Waals surface area contributed by atoms with Crippen molar-refractivity contribution in [2.24, 2.45) is 0 Å². The van der Waals surface area contributed by atoms with Crippen molar-refractivity contribution >= 4 is 33.6 Å². The Kier molecular flexibility index (Phi) is 76.6. The Labute approximate surface area is 650 Å². The monoisotopic (exact) mass is 1540 g/mol. The summed E-state index contributed by atoms with van der Waals surface area (Å²) in [6, 6.07) is 0. The highest BCUT2D eigenvalue weighted by Crippen LogP contribution is 2.45. The molecule has 0 aromatic rings. The van der Waals surface area contributed by atoms with Gasteiger partial charge in [-0.25, -0.2) is 9.13 Å². The Bertz CT molecular complexity index is 2620. The van der Waals surface area contributed by atoms with E-state index in [-0.39, 0.29) is 19.3 Å². The quantitative estimate of drug-likeness (QED) is 0.0146. The number of carbonyl (C=O) groups excluding carboxylic acids is 3. The van der Waals surface area contributed by atoms with Gasteiger partial charge in [0.25, 0.3) is 0 Å². The smallest absolute Gasteiger partial charge is 0.463 e. The van der Waals surface area contributed by atoms with E-state index < -0.39 is 91.5 Å². The number of hydrogen-bond donors (Lipinski definition) is 4. The number of phosphoric ester groups is 2. The van der Waals surface area contributed by atoms with Crippen molar-refractivity contribution in [1.82, 2.24) is 0 Å². The van der Waals surface area contributed by atoms with Crippen LogP contribution in [0.4, 0.5) is 0 Å². The molecular formula is C89H148O16P2. The molecule has 0 radical (unpaired) electrons. The average molecular weight is 1540 g/mol. The van der Waals surface area contributed by atoms with Gasteiger partial charge in [-0.15, -0.1) is 0 Å². The summed E-state index contributed by atoms with van der Waals surface area (Å²) in [5.74, 6) is -1.60. The van der Waals surface area contributed by atoms with E-state index in [1.807, 2.05) is 0 Å². The molecule has 5 atom stereocenters. The van der Waals surface area contributed by atoms with Crippen LogP contribution in [-0.4, -0.2) is 95.9 Å². The molecule has 5 unspecified atom stereocenters. The molecule has 0 spiro atoms. The summed E-state index contributed by atoms with van der Waals surface area (Å²) in [6.07, 6.45) is 102. The fourth-order valence-electron chi connectivity index (χ4n) is 10.7.